The predicted octanol–water partition coefficient (Wildman–Crippen LogP) is 3.98. The van der Waals surface area contributed by atoms with Crippen molar-refractivity contribution in [1.29, 1.82) is 0 Å². The molecular formula is C16H23N3OS. The number of rotatable bonds is 8. The van der Waals surface area contributed by atoms with Gasteiger partial charge in [0.1, 0.15) is 0 Å². The number of benzene rings is 1. The first-order valence-electron chi connectivity index (χ1n) is 7.50. The summed E-state index contributed by atoms with van der Waals surface area (Å²) in [4.78, 5) is 1.23. The number of hydrogen-bond donors (Lipinski definition) is 1. The minimum atomic E-state index is 0.376. The molecule has 1 unspecified atom stereocenters. The zero-order chi connectivity index (χ0) is 15.1. The van der Waals surface area contributed by atoms with Gasteiger partial charge in [0, 0.05) is 17.4 Å². The summed E-state index contributed by atoms with van der Waals surface area (Å²) in [5.41, 5.74) is 1.31. The molecule has 0 saturated heterocycles. The minimum absolute atomic E-state index is 0.376. The fraction of sp³-hybridized carbons (Fsp3) is 0.500. The van der Waals surface area contributed by atoms with E-state index in [0.717, 1.165) is 19.4 Å². The molecule has 0 aliphatic rings. The van der Waals surface area contributed by atoms with Crippen LogP contribution < -0.4 is 5.32 Å². The van der Waals surface area contributed by atoms with Crippen LogP contribution in [0.5, 0.6) is 0 Å². The Kier molecular flexibility index (Phi) is 6.26. The van der Waals surface area contributed by atoms with Gasteiger partial charge in [-0.15, -0.1) is 22.0 Å². The maximum atomic E-state index is 5.53. The molecular weight excluding hydrogens is 282 g/mol. The highest BCUT2D eigenvalue weighted by molar-refractivity contribution is 7.98. The zero-order valence-corrected chi connectivity index (χ0v) is 13.7. The third kappa shape index (κ3) is 4.86. The Hall–Kier alpha value is -1.33. The van der Waals surface area contributed by atoms with Crippen molar-refractivity contribution in [3.63, 3.8) is 0 Å². The fourth-order valence-corrected chi connectivity index (χ4v) is 2.79. The average molecular weight is 305 g/mol. The molecule has 0 saturated carbocycles. The van der Waals surface area contributed by atoms with Crippen molar-refractivity contribution < 1.29 is 4.42 Å². The maximum Gasteiger partial charge on any atom is 0.226 e. The largest absolute Gasteiger partial charge is 0.424 e. The lowest BCUT2D eigenvalue weighted by Gasteiger charge is -2.14. The summed E-state index contributed by atoms with van der Waals surface area (Å²) in [5.74, 6) is 2.11. The molecule has 2 rings (SSSR count). The van der Waals surface area contributed by atoms with Gasteiger partial charge in [0.15, 0.2) is 0 Å². The van der Waals surface area contributed by atoms with Gasteiger partial charge in [0.05, 0.1) is 5.75 Å². The summed E-state index contributed by atoms with van der Waals surface area (Å²) in [6.45, 7) is 7.44. The molecule has 0 aliphatic heterocycles. The van der Waals surface area contributed by atoms with E-state index in [2.05, 4.69) is 53.6 Å². The van der Waals surface area contributed by atoms with Crippen molar-refractivity contribution >= 4 is 11.8 Å². The highest BCUT2D eigenvalue weighted by Crippen LogP contribution is 2.25. The van der Waals surface area contributed by atoms with Crippen LogP contribution in [0.1, 0.15) is 50.6 Å². The summed E-state index contributed by atoms with van der Waals surface area (Å²) in [6.07, 6.45) is 1.93. The monoisotopic (exact) mass is 305 g/mol. The van der Waals surface area contributed by atoms with E-state index in [-0.39, 0.29) is 0 Å². The van der Waals surface area contributed by atoms with Crippen LogP contribution in [0.2, 0.25) is 0 Å². The molecule has 0 bridgehead atoms. The van der Waals surface area contributed by atoms with Crippen LogP contribution in [-0.2, 0) is 12.2 Å². The lowest BCUT2D eigenvalue weighted by Crippen LogP contribution is -2.19. The minimum Gasteiger partial charge on any atom is -0.424 e. The van der Waals surface area contributed by atoms with E-state index < -0.39 is 0 Å². The smallest absolute Gasteiger partial charge is 0.226 e. The van der Waals surface area contributed by atoms with Crippen LogP contribution in [-0.4, -0.2) is 16.7 Å². The number of aryl methyl sites for hydroxylation is 1. The van der Waals surface area contributed by atoms with E-state index in [1.807, 2.05) is 6.92 Å². The first kappa shape index (κ1) is 16.0. The summed E-state index contributed by atoms with van der Waals surface area (Å²) >= 11 is 1.73. The van der Waals surface area contributed by atoms with E-state index >= 15 is 0 Å². The second-order valence-electron chi connectivity index (χ2n) is 4.98. The summed E-state index contributed by atoms with van der Waals surface area (Å²) in [7, 11) is 0. The standard InChI is InChI=1S/C16H23N3OS/c1-4-9-17-12(3)13-7-6-8-14(10-13)21-11-16-19-18-15(5-2)20-16/h6-8,10,12,17H,4-5,9,11H2,1-3H3. The highest BCUT2D eigenvalue weighted by Gasteiger charge is 2.07. The molecule has 21 heavy (non-hydrogen) atoms. The first-order valence-corrected chi connectivity index (χ1v) is 8.48. The summed E-state index contributed by atoms with van der Waals surface area (Å²) in [6, 6.07) is 9.00. The van der Waals surface area contributed by atoms with Crippen molar-refractivity contribution in [3.8, 4) is 0 Å². The van der Waals surface area contributed by atoms with Crippen molar-refractivity contribution in [2.24, 2.45) is 0 Å². The molecule has 0 fully saturated rings. The predicted molar refractivity (Wildman–Crippen MR) is 86.4 cm³/mol. The van der Waals surface area contributed by atoms with Crippen molar-refractivity contribution in [1.82, 2.24) is 15.5 Å². The third-order valence-corrected chi connectivity index (χ3v) is 4.21. The highest BCUT2D eigenvalue weighted by atomic mass is 32.2. The number of aromatic nitrogens is 2. The lowest BCUT2D eigenvalue weighted by atomic mass is 10.1. The molecule has 0 aliphatic carbocycles. The molecule has 4 nitrogen and oxygen atoms in total. The van der Waals surface area contributed by atoms with E-state index in [4.69, 9.17) is 4.42 Å². The van der Waals surface area contributed by atoms with E-state index in [9.17, 15) is 0 Å². The zero-order valence-electron chi connectivity index (χ0n) is 12.9. The van der Waals surface area contributed by atoms with Crippen LogP contribution in [0.25, 0.3) is 0 Å². The van der Waals surface area contributed by atoms with E-state index in [1.165, 1.54) is 10.5 Å². The molecule has 114 valence electrons. The van der Waals surface area contributed by atoms with Gasteiger partial charge in [-0.2, -0.15) is 0 Å². The van der Waals surface area contributed by atoms with Gasteiger partial charge in [-0.1, -0.05) is 26.0 Å². The van der Waals surface area contributed by atoms with Crippen LogP contribution in [0, 0.1) is 0 Å². The quantitative estimate of drug-likeness (QED) is 0.747. The van der Waals surface area contributed by atoms with Gasteiger partial charge >= 0.3 is 0 Å². The van der Waals surface area contributed by atoms with Crippen molar-refractivity contribution in [2.45, 2.75) is 50.3 Å². The second kappa shape index (κ2) is 8.20. The van der Waals surface area contributed by atoms with Gasteiger partial charge < -0.3 is 9.73 Å². The first-order chi connectivity index (χ1) is 10.2. The second-order valence-corrected chi connectivity index (χ2v) is 6.03. The third-order valence-electron chi connectivity index (χ3n) is 3.23. The molecule has 0 spiro atoms. The molecule has 0 amide bonds. The van der Waals surface area contributed by atoms with E-state index in [0.29, 0.717) is 23.6 Å². The molecule has 1 aromatic carbocycles. The molecule has 5 heteroatoms. The molecule has 0 radical (unpaired) electrons. The Morgan fingerprint density at radius 1 is 1.24 bits per heavy atom. The van der Waals surface area contributed by atoms with Crippen molar-refractivity contribution in [2.75, 3.05) is 6.54 Å². The Bertz CT molecular complexity index is 556. The van der Waals surface area contributed by atoms with Gasteiger partial charge in [0.25, 0.3) is 0 Å². The molecule has 1 atom stereocenters. The SMILES string of the molecule is CCCNC(C)c1cccc(SCc2nnc(CC)o2)c1. The van der Waals surface area contributed by atoms with Gasteiger partial charge in [0.2, 0.25) is 11.8 Å². The van der Waals surface area contributed by atoms with Crippen LogP contribution in [0.15, 0.2) is 33.6 Å². The Morgan fingerprint density at radius 3 is 2.76 bits per heavy atom. The molecule has 1 heterocycles. The molecule has 2 aromatic rings. The molecule has 1 N–H and O–H groups in total. The average Bonchev–Trinajstić information content (AvgIpc) is 2.99. The lowest BCUT2D eigenvalue weighted by molar-refractivity contribution is 0.470. The summed E-state index contributed by atoms with van der Waals surface area (Å²) in [5, 5.41) is 11.5. The Balaban J connectivity index is 1.94. The number of hydrogen-bond acceptors (Lipinski definition) is 5. The fourth-order valence-electron chi connectivity index (χ4n) is 1.99. The Morgan fingerprint density at radius 2 is 2.05 bits per heavy atom. The number of nitrogens with zero attached hydrogens (tertiary/aromatic N) is 2. The van der Waals surface area contributed by atoms with Crippen LogP contribution in [0.3, 0.4) is 0 Å². The summed E-state index contributed by atoms with van der Waals surface area (Å²) < 4.78 is 5.53. The number of thioether (sulfide) groups is 1. The molecule has 1 aromatic heterocycles. The maximum absolute atomic E-state index is 5.53. The van der Waals surface area contributed by atoms with Gasteiger partial charge in [-0.3, -0.25) is 0 Å². The van der Waals surface area contributed by atoms with Gasteiger partial charge in [-0.25, -0.2) is 0 Å². The van der Waals surface area contributed by atoms with E-state index in [1.54, 1.807) is 11.8 Å². The number of nitrogens with one attached hydrogen (secondary N) is 1. The van der Waals surface area contributed by atoms with Crippen LogP contribution in [0.4, 0.5) is 0 Å². The normalized spacial score (nSPS) is 12.5. The van der Waals surface area contributed by atoms with Crippen LogP contribution >= 0.6 is 11.8 Å². The van der Waals surface area contributed by atoms with Gasteiger partial charge in [-0.05, 0) is 37.6 Å². The Labute approximate surface area is 130 Å². The topological polar surface area (TPSA) is 51.0 Å². The van der Waals surface area contributed by atoms with Crippen molar-refractivity contribution in [3.05, 3.63) is 41.6 Å².